The molecule has 2 rings (SSSR count). The molecule has 0 atom stereocenters. The lowest BCUT2D eigenvalue weighted by molar-refractivity contribution is 0.273. The van der Waals surface area contributed by atoms with Gasteiger partial charge in [0.15, 0.2) is 5.82 Å². The third kappa shape index (κ3) is 2.38. The number of rotatable bonds is 4. The average Bonchev–Trinajstić information content (AvgIpc) is 2.79. The molecule has 0 aliphatic heterocycles. The number of nitrogens with zero attached hydrogens (tertiary/aromatic N) is 5. The molecular weight excluding hydrogens is 198 g/mol. The SMILES string of the molecule is Cc1nonc1CN(C)Cc1ncon1. The van der Waals surface area contributed by atoms with Gasteiger partial charge in [-0.15, -0.1) is 0 Å². The molecule has 7 heteroatoms. The van der Waals surface area contributed by atoms with Gasteiger partial charge in [-0.2, -0.15) is 4.98 Å². The summed E-state index contributed by atoms with van der Waals surface area (Å²) in [6.45, 7) is 3.10. The molecule has 0 saturated heterocycles. The van der Waals surface area contributed by atoms with Crippen LogP contribution in [-0.2, 0) is 13.1 Å². The van der Waals surface area contributed by atoms with Crippen LogP contribution in [0.25, 0.3) is 0 Å². The number of aryl methyl sites for hydroxylation is 1. The molecule has 0 fully saturated rings. The van der Waals surface area contributed by atoms with E-state index in [1.165, 1.54) is 6.39 Å². The van der Waals surface area contributed by atoms with Gasteiger partial charge >= 0.3 is 0 Å². The monoisotopic (exact) mass is 209 g/mol. The maximum Gasteiger partial charge on any atom is 0.213 e. The van der Waals surface area contributed by atoms with Crippen molar-refractivity contribution in [2.75, 3.05) is 7.05 Å². The van der Waals surface area contributed by atoms with Crippen molar-refractivity contribution in [3.63, 3.8) is 0 Å². The molecule has 0 aliphatic rings. The second kappa shape index (κ2) is 4.18. The van der Waals surface area contributed by atoms with Gasteiger partial charge in [-0.25, -0.2) is 4.63 Å². The Bertz CT molecular complexity index is 410. The van der Waals surface area contributed by atoms with Crippen LogP contribution in [0.15, 0.2) is 15.5 Å². The van der Waals surface area contributed by atoms with Crippen LogP contribution in [0.2, 0.25) is 0 Å². The highest BCUT2D eigenvalue weighted by Gasteiger charge is 2.10. The highest BCUT2D eigenvalue weighted by Crippen LogP contribution is 2.05. The van der Waals surface area contributed by atoms with Crippen LogP contribution < -0.4 is 0 Å². The van der Waals surface area contributed by atoms with E-state index in [0.717, 1.165) is 11.4 Å². The molecule has 0 aliphatic carbocycles. The molecule has 0 amide bonds. The lowest BCUT2D eigenvalue weighted by Gasteiger charge is -2.11. The lowest BCUT2D eigenvalue weighted by Crippen LogP contribution is -2.18. The van der Waals surface area contributed by atoms with Crippen molar-refractivity contribution in [3.05, 3.63) is 23.6 Å². The van der Waals surface area contributed by atoms with Gasteiger partial charge in [0, 0.05) is 6.54 Å². The summed E-state index contributed by atoms with van der Waals surface area (Å²) in [6, 6.07) is 0. The van der Waals surface area contributed by atoms with E-state index >= 15 is 0 Å². The van der Waals surface area contributed by atoms with Crippen molar-refractivity contribution < 1.29 is 9.15 Å². The summed E-state index contributed by atoms with van der Waals surface area (Å²) in [5.74, 6) is 0.645. The van der Waals surface area contributed by atoms with Crippen LogP contribution in [-0.4, -0.2) is 32.4 Å². The molecule has 0 radical (unpaired) electrons. The van der Waals surface area contributed by atoms with Crippen LogP contribution in [0.3, 0.4) is 0 Å². The Morgan fingerprint density at radius 2 is 2.13 bits per heavy atom. The van der Waals surface area contributed by atoms with Crippen molar-refractivity contribution in [1.29, 1.82) is 0 Å². The fourth-order valence-electron chi connectivity index (χ4n) is 1.21. The average molecular weight is 209 g/mol. The molecule has 0 spiro atoms. The normalized spacial score (nSPS) is 11.1. The first-order valence-corrected chi connectivity index (χ1v) is 4.47. The van der Waals surface area contributed by atoms with Crippen molar-refractivity contribution >= 4 is 0 Å². The number of aromatic nitrogens is 4. The Hall–Kier alpha value is -1.76. The molecule has 15 heavy (non-hydrogen) atoms. The van der Waals surface area contributed by atoms with Gasteiger partial charge in [-0.05, 0) is 14.0 Å². The fraction of sp³-hybridized carbons (Fsp3) is 0.500. The summed E-state index contributed by atoms with van der Waals surface area (Å²) in [4.78, 5) is 5.93. The van der Waals surface area contributed by atoms with Crippen molar-refractivity contribution in [1.82, 2.24) is 25.4 Å². The predicted molar refractivity (Wildman–Crippen MR) is 48.5 cm³/mol. The third-order valence-electron chi connectivity index (χ3n) is 1.98. The zero-order chi connectivity index (χ0) is 10.7. The van der Waals surface area contributed by atoms with Crippen LogP contribution >= 0.6 is 0 Å². The van der Waals surface area contributed by atoms with Gasteiger partial charge in [-0.3, -0.25) is 4.90 Å². The van der Waals surface area contributed by atoms with E-state index in [0.29, 0.717) is 18.9 Å². The van der Waals surface area contributed by atoms with E-state index in [-0.39, 0.29) is 0 Å². The first-order valence-electron chi connectivity index (χ1n) is 4.47. The fourth-order valence-corrected chi connectivity index (χ4v) is 1.21. The van der Waals surface area contributed by atoms with E-state index in [1.807, 2.05) is 18.9 Å². The smallest absolute Gasteiger partial charge is 0.213 e. The molecule has 0 aromatic carbocycles. The Labute approximate surface area is 86.0 Å². The van der Waals surface area contributed by atoms with E-state index < -0.39 is 0 Å². The third-order valence-corrected chi connectivity index (χ3v) is 1.98. The molecule has 2 heterocycles. The van der Waals surface area contributed by atoms with Crippen LogP contribution in [0.5, 0.6) is 0 Å². The second-order valence-corrected chi connectivity index (χ2v) is 3.32. The van der Waals surface area contributed by atoms with Gasteiger partial charge in [0.1, 0.15) is 11.4 Å². The molecule has 7 nitrogen and oxygen atoms in total. The van der Waals surface area contributed by atoms with Gasteiger partial charge in [-0.1, -0.05) is 15.5 Å². The Balaban J connectivity index is 1.93. The van der Waals surface area contributed by atoms with Gasteiger partial charge in [0.25, 0.3) is 0 Å². The second-order valence-electron chi connectivity index (χ2n) is 3.32. The zero-order valence-corrected chi connectivity index (χ0v) is 8.54. The lowest BCUT2D eigenvalue weighted by atomic mass is 10.3. The minimum absolute atomic E-state index is 0.600. The van der Waals surface area contributed by atoms with Gasteiger partial charge < -0.3 is 4.52 Å². The van der Waals surface area contributed by atoms with E-state index in [4.69, 9.17) is 0 Å². The van der Waals surface area contributed by atoms with E-state index in [2.05, 4.69) is 29.6 Å². The number of hydrogen-bond acceptors (Lipinski definition) is 7. The highest BCUT2D eigenvalue weighted by molar-refractivity contribution is 5.04. The largest absolute Gasteiger partial charge is 0.343 e. The van der Waals surface area contributed by atoms with E-state index in [9.17, 15) is 0 Å². The Morgan fingerprint density at radius 3 is 2.73 bits per heavy atom. The number of hydrogen-bond donors (Lipinski definition) is 0. The molecule has 2 aromatic rings. The minimum Gasteiger partial charge on any atom is -0.343 e. The first-order chi connectivity index (χ1) is 7.25. The van der Waals surface area contributed by atoms with Crippen molar-refractivity contribution in [2.24, 2.45) is 0 Å². The van der Waals surface area contributed by atoms with Crippen LogP contribution in [0.4, 0.5) is 0 Å². The first kappa shape index (κ1) is 9.78. The molecule has 0 unspecified atom stereocenters. The summed E-state index contributed by atoms with van der Waals surface area (Å²) in [5.41, 5.74) is 1.62. The van der Waals surface area contributed by atoms with Gasteiger partial charge in [0.05, 0.1) is 6.54 Å². The predicted octanol–water partition coefficient (Wildman–Crippen LogP) is 0.393. The Morgan fingerprint density at radius 1 is 1.27 bits per heavy atom. The summed E-state index contributed by atoms with van der Waals surface area (Å²) in [6.07, 6.45) is 1.31. The molecule has 0 bridgehead atoms. The van der Waals surface area contributed by atoms with E-state index in [1.54, 1.807) is 0 Å². The minimum atomic E-state index is 0.600. The molecule has 80 valence electrons. The summed E-state index contributed by atoms with van der Waals surface area (Å²) >= 11 is 0. The molecule has 0 N–H and O–H groups in total. The van der Waals surface area contributed by atoms with Crippen LogP contribution in [0.1, 0.15) is 17.2 Å². The quantitative estimate of drug-likeness (QED) is 0.720. The molecular formula is C8H11N5O2. The van der Waals surface area contributed by atoms with Gasteiger partial charge in [0.2, 0.25) is 6.39 Å². The molecule has 0 saturated carbocycles. The maximum absolute atomic E-state index is 4.64. The summed E-state index contributed by atoms with van der Waals surface area (Å²) < 4.78 is 9.24. The topological polar surface area (TPSA) is 81.1 Å². The zero-order valence-electron chi connectivity index (χ0n) is 8.54. The van der Waals surface area contributed by atoms with Crippen molar-refractivity contribution in [3.8, 4) is 0 Å². The molecule has 2 aromatic heterocycles. The van der Waals surface area contributed by atoms with Crippen molar-refractivity contribution in [2.45, 2.75) is 20.0 Å². The maximum atomic E-state index is 4.64. The summed E-state index contributed by atoms with van der Waals surface area (Å²) in [5, 5.41) is 11.2. The Kier molecular flexibility index (Phi) is 2.72. The summed E-state index contributed by atoms with van der Waals surface area (Å²) in [7, 11) is 1.94. The van der Waals surface area contributed by atoms with Crippen LogP contribution in [0, 0.1) is 6.92 Å². The standard InChI is InChI=1S/C8H11N5O2/c1-6-7(11-15-10-6)3-13(2)4-8-9-5-14-12-8/h5H,3-4H2,1-2H3. The highest BCUT2D eigenvalue weighted by atomic mass is 16.6.